The molecular weight excluding hydrogens is 540 g/mol. The predicted molar refractivity (Wildman–Crippen MR) is 148 cm³/mol. The van der Waals surface area contributed by atoms with E-state index in [0.29, 0.717) is 24.8 Å². The quantitative estimate of drug-likeness (QED) is 0.357. The largest absolute Gasteiger partial charge is 0.298 e. The standard InChI is InChI=1S/C29H36O8S2/c1-26(2)22-11-13-28(26,16-38(32,33)34)24(30)20(22)10-9-18-5-7-19(8-6-18)15-21-23-12-14-29(25(21)31,27(23,3)4)17-39(35,36)37/h5-10,15,20,22-23H,11-14,16-17H2,1-4H3,(H,32,33,34)(H,35,36,37)/b10-9+,21-15+/t20-,22+,23+,28+,29+/m0/s1. The van der Waals surface area contributed by atoms with Gasteiger partial charge in [-0.15, -0.1) is 0 Å². The van der Waals surface area contributed by atoms with Crippen molar-refractivity contribution in [3.05, 3.63) is 47.0 Å². The maximum absolute atomic E-state index is 13.4. The molecule has 0 aromatic heterocycles. The number of hydrogen-bond acceptors (Lipinski definition) is 6. The first-order chi connectivity index (χ1) is 17.8. The SMILES string of the molecule is CC1(C)[C@@H]2CC[C@@]1(CS(=O)(=O)O)C(=O)/C2=C/c1ccc(/C=C/[C@@H]2C(=O)[C@]3(CS(=O)(=O)O)CC[C@H]2C3(C)C)cc1. The Morgan fingerprint density at radius 2 is 1.36 bits per heavy atom. The molecule has 0 amide bonds. The Kier molecular flexibility index (Phi) is 6.32. The molecule has 8 nitrogen and oxygen atoms in total. The van der Waals surface area contributed by atoms with Crippen LogP contribution in [0, 0.1) is 39.4 Å². The second-order valence-electron chi connectivity index (χ2n) is 13.1. The summed E-state index contributed by atoms with van der Waals surface area (Å²) in [6.45, 7) is 7.65. The average molecular weight is 577 g/mol. The number of fused-ring (bicyclic) bond motifs is 4. The van der Waals surface area contributed by atoms with Crippen LogP contribution in [0.3, 0.4) is 0 Å². The number of benzene rings is 1. The lowest BCUT2D eigenvalue weighted by Crippen LogP contribution is -2.42. The maximum atomic E-state index is 13.4. The molecule has 4 saturated carbocycles. The fraction of sp³-hybridized carbons (Fsp3) is 0.586. The molecule has 4 aliphatic carbocycles. The Labute approximate surface area is 230 Å². The zero-order chi connectivity index (χ0) is 28.8. The molecule has 39 heavy (non-hydrogen) atoms. The van der Waals surface area contributed by atoms with E-state index in [1.54, 1.807) is 0 Å². The van der Waals surface area contributed by atoms with Gasteiger partial charge in [-0.1, -0.05) is 64.1 Å². The molecule has 0 heterocycles. The molecule has 0 aliphatic heterocycles. The van der Waals surface area contributed by atoms with Gasteiger partial charge in [0, 0.05) is 11.5 Å². The van der Waals surface area contributed by atoms with Crippen LogP contribution in [0.15, 0.2) is 35.9 Å². The van der Waals surface area contributed by atoms with Crippen LogP contribution in [-0.2, 0) is 29.8 Å². The second-order valence-corrected chi connectivity index (χ2v) is 16.0. The van der Waals surface area contributed by atoms with Crippen molar-refractivity contribution in [3.8, 4) is 0 Å². The molecule has 2 N–H and O–H groups in total. The van der Waals surface area contributed by atoms with E-state index in [4.69, 9.17) is 0 Å². The van der Waals surface area contributed by atoms with E-state index in [9.17, 15) is 35.5 Å². The average Bonchev–Trinajstić information content (AvgIpc) is 3.30. The summed E-state index contributed by atoms with van der Waals surface area (Å²) >= 11 is 0. The zero-order valence-corrected chi connectivity index (χ0v) is 24.3. The minimum absolute atomic E-state index is 0.00535. The Hall–Kier alpha value is -2.14. The topological polar surface area (TPSA) is 143 Å². The summed E-state index contributed by atoms with van der Waals surface area (Å²) in [4.78, 5) is 26.8. The van der Waals surface area contributed by atoms with E-state index in [2.05, 4.69) is 0 Å². The Bertz CT molecular complexity index is 1510. The molecule has 1 aromatic rings. The molecule has 5 rings (SSSR count). The lowest BCUT2D eigenvalue weighted by molar-refractivity contribution is -0.130. The minimum atomic E-state index is -4.32. The molecule has 0 unspecified atom stereocenters. The van der Waals surface area contributed by atoms with Gasteiger partial charge in [0.2, 0.25) is 0 Å². The van der Waals surface area contributed by atoms with Gasteiger partial charge in [-0.25, -0.2) is 0 Å². The van der Waals surface area contributed by atoms with E-state index < -0.39 is 59.3 Å². The molecule has 212 valence electrons. The van der Waals surface area contributed by atoms with Gasteiger partial charge < -0.3 is 0 Å². The van der Waals surface area contributed by atoms with Gasteiger partial charge in [0.15, 0.2) is 5.78 Å². The third kappa shape index (κ3) is 4.21. The summed E-state index contributed by atoms with van der Waals surface area (Å²) in [5.41, 5.74) is -1.09. The van der Waals surface area contributed by atoms with Crippen molar-refractivity contribution < 1.29 is 35.5 Å². The molecule has 4 fully saturated rings. The van der Waals surface area contributed by atoms with Crippen molar-refractivity contribution in [2.75, 3.05) is 11.5 Å². The van der Waals surface area contributed by atoms with Crippen molar-refractivity contribution in [1.82, 2.24) is 0 Å². The lowest BCUT2D eigenvalue weighted by atomic mass is 9.70. The van der Waals surface area contributed by atoms with Gasteiger partial charge in [0.25, 0.3) is 20.2 Å². The highest BCUT2D eigenvalue weighted by Gasteiger charge is 2.69. The minimum Gasteiger partial charge on any atom is -0.298 e. The molecule has 0 radical (unpaired) electrons. The first-order valence-electron chi connectivity index (χ1n) is 13.3. The number of Topliss-reactive ketones (excluding diaryl/α,β-unsaturated/α-hetero) is 2. The van der Waals surface area contributed by atoms with Crippen LogP contribution >= 0.6 is 0 Å². The smallest absolute Gasteiger partial charge is 0.265 e. The van der Waals surface area contributed by atoms with Crippen molar-refractivity contribution in [2.45, 2.75) is 53.4 Å². The van der Waals surface area contributed by atoms with Gasteiger partial charge in [-0.3, -0.25) is 18.7 Å². The molecule has 4 aliphatic rings. The zero-order valence-electron chi connectivity index (χ0n) is 22.7. The normalized spacial score (nSPS) is 36.1. The highest BCUT2D eigenvalue weighted by atomic mass is 32.2. The van der Waals surface area contributed by atoms with Crippen LogP contribution < -0.4 is 0 Å². The van der Waals surface area contributed by atoms with Gasteiger partial charge in [0.1, 0.15) is 5.78 Å². The maximum Gasteiger partial charge on any atom is 0.265 e. The number of rotatable bonds is 7. The fourth-order valence-electron chi connectivity index (χ4n) is 8.56. The first kappa shape index (κ1) is 28.4. The number of allylic oxidation sites excluding steroid dienone is 2. The van der Waals surface area contributed by atoms with Crippen molar-refractivity contribution in [1.29, 1.82) is 0 Å². The van der Waals surface area contributed by atoms with Crippen LogP contribution in [0.5, 0.6) is 0 Å². The van der Waals surface area contributed by atoms with Crippen LogP contribution in [0.25, 0.3) is 12.2 Å². The van der Waals surface area contributed by atoms with Gasteiger partial charge >= 0.3 is 0 Å². The van der Waals surface area contributed by atoms with Gasteiger partial charge in [-0.2, -0.15) is 16.8 Å². The van der Waals surface area contributed by atoms with Crippen molar-refractivity contribution in [3.63, 3.8) is 0 Å². The summed E-state index contributed by atoms with van der Waals surface area (Å²) in [6.07, 6.45) is 7.81. The van der Waals surface area contributed by atoms with Gasteiger partial charge in [0.05, 0.1) is 22.3 Å². The second kappa shape index (κ2) is 8.68. The number of hydrogen-bond donors (Lipinski definition) is 2. The van der Waals surface area contributed by atoms with E-state index >= 15 is 0 Å². The molecule has 1 aromatic carbocycles. The van der Waals surface area contributed by atoms with E-state index in [0.717, 1.165) is 17.5 Å². The van der Waals surface area contributed by atoms with E-state index in [-0.39, 0.29) is 23.4 Å². The molecule has 0 spiro atoms. The highest BCUT2D eigenvalue weighted by molar-refractivity contribution is 7.86. The summed E-state index contributed by atoms with van der Waals surface area (Å²) in [5, 5.41) is 0. The Balaban J connectivity index is 1.36. The Morgan fingerprint density at radius 3 is 1.95 bits per heavy atom. The lowest BCUT2D eigenvalue weighted by Gasteiger charge is -2.35. The number of ketones is 2. The monoisotopic (exact) mass is 576 g/mol. The summed E-state index contributed by atoms with van der Waals surface area (Å²) < 4.78 is 66.1. The van der Waals surface area contributed by atoms with Crippen molar-refractivity contribution >= 4 is 44.0 Å². The Morgan fingerprint density at radius 1 is 0.821 bits per heavy atom. The summed E-state index contributed by atoms with van der Waals surface area (Å²) in [5.74, 6) is -1.96. The third-order valence-corrected chi connectivity index (χ3v) is 12.6. The molecule has 10 heteroatoms. The summed E-state index contributed by atoms with van der Waals surface area (Å²) in [7, 11) is -8.62. The molecule has 4 bridgehead atoms. The van der Waals surface area contributed by atoms with E-state index in [1.165, 1.54) is 0 Å². The van der Waals surface area contributed by atoms with E-state index in [1.807, 2.05) is 70.2 Å². The third-order valence-electron chi connectivity index (χ3n) is 10.9. The fourth-order valence-corrected chi connectivity index (χ4v) is 11.1. The van der Waals surface area contributed by atoms with Crippen molar-refractivity contribution in [2.24, 2.45) is 39.4 Å². The molecule has 0 saturated heterocycles. The van der Waals surface area contributed by atoms with Crippen LogP contribution in [0.4, 0.5) is 0 Å². The van der Waals surface area contributed by atoms with Crippen LogP contribution in [0.2, 0.25) is 0 Å². The number of carbonyl (C=O) groups excluding carboxylic acids is 2. The van der Waals surface area contributed by atoms with Crippen LogP contribution in [0.1, 0.15) is 64.5 Å². The first-order valence-corrected chi connectivity index (χ1v) is 16.6. The summed E-state index contributed by atoms with van der Waals surface area (Å²) in [6, 6.07) is 7.47. The molecular formula is C29H36O8S2. The number of carbonyl (C=O) groups is 2. The van der Waals surface area contributed by atoms with Crippen LogP contribution in [-0.4, -0.2) is 49.0 Å². The van der Waals surface area contributed by atoms with Gasteiger partial charge in [-0.05, 0) is 65.6 Å². The molecule has 5 atom stereocenters. The highest BCUT2D eigenvalue weighted by Crippen LogP contribution is 2.67. The predicted octanol–water partition coefficient (Wildman–Crippen LogP) is 4.49.